The highest BCUT2D eigenvalue weighted by Crippen LogP contribution is 2.31. The third kappa shape index (κ3) is 6.79. The lowest BCUT2D eigenvalue weighted by atomic mass is 10.1. The van der Waals surface area contributed by atoms with E-state index in [0.29, 0.717) is 43.1 Å². The van der Waals surface area contributed by atoms with Crippen molar-refractivity contribution in [3.05, 3.63) is 90.0 Å². The van der Waals surface area contributed by atoms with Crippen molar-refractivity contribution in [2.24, 2.45) is 0 Å². The maximum atomic E-state index is 12.9. The number of H-pyrrole nitrogens is 1. The van der Waals surface area contributed by atoms with Gasteiger partial charge in [-0.2, -0.15) is 23.5 Å². The van der Waals surface area contributed by atoms with Crippen LogP contribution in [0.25, 0.3) is 11.3 Å². The van der Waals surface area contributed by atoms with Crippen molar-refractivity contribution in [1.29, 1.82) is 5.26 Å². The minimum absolute atomic E-state index is 0.00811. The number of aromatic amines is 1. The Kier molecular flexibility index (Phi) is 7.96. The molecule has 0 saturated carbocycles. The van der Waals surface area contributed by atoms with Gasteiger partial charge < -0.3 is 25.8 Å². The number of urea groups is 2. The zero-order valence-electron chi connectivity index (χ0n) is 22.1. The maximum absolute atomic E-state index is 12.9. The molecule has 42 heavy (non-hydrogen) atoms. The first-order valence-electron chi connectivity index (χ1n) is 12.9. The Hall–Kier alpha value is -5.51. The van der Waals surface area contributed by atoms with Gasteiger partial charge in [0, 0.05) is 49.3 Å². The second kappa shape index (κ2) is 11.9. The van der Waals surface area contributed by atoms with Crippen LogP contribution < -0.4 is 20.9 Å². The average molecular weight is 575 g/mol. The molecule has 5 rings (SSSR count). The summed E-state index contributed by atoms with van der Waals surface area (Å²) in [6, 6.07) is 21.0. The molecule has 0 radical (unpaired) electrons. The summed E-state index contributed by atoms with van der Waals surface area (Å²) in [4.78, 5) is 29.0. The largest absolute Gasteiger partial charge is 0.416 e. The normalized spacial score (nSPS) is 13.3. The zero-order chi connectivity index (χ0) is 29.7. The van der Waals surface area contributed by atoms with Gasteiger partial charge in [0.25, 0.3) is 0 Å². The smallest absolute Gasteiger partial charge is 0.352 e. The number of alkyl halides is 3. The number of carbonyl (C=O) groups excluding carboxylic acids is 2. The summed E-state index contributed by atoms with van der Waals surface area (Å²) < 4.78 is 38.8. The number of nitrogens with one attached hydrogen (secondary N) is 4. The van der Waals surface area contributed by atoms with Crippen LogP contribution in [0, 0.1) is 11.3 Å². The molecule has 0 bridgehead atoms. The van der Waals surface area contributed by atoms with E-state index >= 15 is 0 Å². The van der Waals surface area contributed by atoms with Crippen LogP contribution in [0.4, 0.5) is 45.6 Å². The quantitative estimate of drug-likeness (QED) is 0.234. The number of nitrogens with zero attached hydrogens (tertiary/aromatic N) is 4. The van der Waals surface area contributed by atoms with Crippen LogP contribution in [0.2, 0.25) is 0 Å². The molecule has 3 aromatic carbocycles. The van der Waals surface area contributed by atoms with Gasteiger partial charge in [0.15, 0.2) is 5.82 Å². The summed E-state index contributed by atoms with van der Waals surface area (Å²) in [6.07, 6.45) is -4.52. The Morgan fingerprint density at radius 3 is 2.10 bits per heavy atom. The Morgan fingerprint density at radius 2 is 1.45 bits per heavy atom. The lowest BCUT2D eigenvalue weighted by Gasteiger charge is -2.34. The van der Waals surface area contributed by atoms with Gasteiger partial charge >= 0.3 is 18.2 Å². The number of nitriles is 1. The van der Waals surface area contributed by atoms with E-state index in [1.165, 1.54) is 12.1 Å². The third-order valence-corrected chi connectivity index (χ3v) is 6.60. The van der Waals surface area contributed by atoms with Crippen LogP contribution in [-0.4, -0.2) is 53.3 Å². The van der Waals surface area contributed by atoms with E-state index in [9.17, 15) is 22.8 Å². The van der Waals surface area contributed by atoms with Crippen molar-refractivity contribution in [3.63, 3.8) is 0 Å². The molecule has 4 N–H and O–H groups in total. The molecule has 0 unspecified atom stereocenters. The van der Waals surface area contributed by atoms with Crippen LogP contribution in [0.3, 0.4) is 0 Å². The van der Waals surface area contributed by atoms with Crippen molar-refractivity contribution in [2.75, 3.05) is 47.0 Å². The summed E-state index contributed by atoms with van der Waals surface area (Å²) in [7, 11) is 0. The van der Waals surface area contributed by atoms with E-state index in [1.807, 2.05) is 18.2 Å². The molecule has 214 valence electrons. The van der Waals surface area contributed by atoms with Crippen LogP contribution in [-0.2, 0) is 6.18 Å². The summed E-state index contributed by atoms with van der Waals surface area (Å²) in [5.41, 5.74) is 2.23. The molecule has 13 heteroatoms. The number of hydrogen-bond acceptors (Lipinski definition) is 5. The van der Waals surface area contributed by atoms with Gasteiger partial charge in [0.05, 0.1) is 22.9 Å². The highest BCUT2D eigenvalue weighted by Gasteiger charge is 2.30. The molecule has 1 fully saturated rings. The third-order valence-electron chi connectivity index (χ3n) is 6.60. The first-order chi connectivity index (χ1) is 20.2. The Labute approximate surface area is 238 Å². The molecule has 0 spiro atoms. The monoisotopic (exact) mass is 574 g/mol. The average Bonchev–Trinajstić information content (AvgIpc) is 3.48. The van der Waals surface area contributed by atoms with Gasteiger partial charge in [-0.15, -0.1) is 0 Å². The molecule has 1 aliphatic heterocycles. The number of piperazine rings is 1. The molecule has 1 saturated heterocycles. The maximum Gasteiger partial charge on any atom is 0.416 e. The van der Waals surface area contributed by atoms with Crippen LogP contribution in [0.15, 0.2) is 78.9 Å². The number of amides is 4. The molecule has 1 aliphatic rings. The first-order valence-corrected chi connectivity index (χ1v) is 12.9. The first kappa shape index (κ1) is 28.0. The lowest BCUT2D eigenvalue weighted by Crippen LogP contribution is -2.50. The van der Waals surface area contributed by atoms with Gasteiger partial charge in [-0.25, -0.2) is 9.59 Å². The highest BCUT2D eigenvalue weighted by molar-refractivity contribution is 6.00. The van der Waals surface area contributed by atoms with Crippen LogP contribution >= 0.6 is 0 Å². The van der Waals surface area contributed by atoms with Crippen LogP contribution in [0.5, 0.6) is 0 Å². The van der Waals surface area contributed by atoms with Crippen molar-refractivity contribution in [2.45, 2.75) is 6.18 Å². The molecule has 0 atom stereocenters. The number of halogens is 3. The Morgan fingerprint density at radius 1 is 0.833 bits per heavy atom. The molecule has 0 aliphatic carbocycles. The van der Waals surface area contributed by atoms with Gasteiger partial charge in [-0.1, -0.05) is 24.3 Å². The summed E-state index contributed by atoms with van der Waals surface area (Å²) in [5.74, 6) is 0.761. The Bertz CT molecular complexity index is 1620. The number of hydrogen-bond donors (Lipinski definition) is 4. The van der Waals surface area contributed by atoms with Crippen molar-refractivity contribution in [1.82, 2.24) is 15.1 Å². The predicted molar refractivity (Wildman–Crippen MR) is 152 cm³/mol. The number of carbonyl (C=O) groups is 2. The number of benzene rings is 3. The fraction of sp³-hybridized carbons (Fsp3) is 0.172. The van der Waals surface area contributed by atoms with E-state index in [-0.39, 0.29) is 11.7 Å². The molecule has 10 nitrogen and oxygen atoms in total. The molecule has 1 aromatic heterocycles. The Balaban J connectivity index is 1.12. The van der Waals surface area contributed by atoms with Gasteiger partial charge in [0.1, 0.15) is 0 Å². The van der Waals surface area contributed by atoms with Crippen molar-refractivity contribution < 1.29 is 22.8 Å². The number of aromatic nitrogens is 2. The van der Waals surface area contributed by atoms with E-state index in [2.05, 4.69) is 37.1 Å². The standard InChI is InChI=1S/C29H25F3N8O2/c30-29(31,32)21-3-1-4-22(15-21)34-27(41)35-23-5-2-6-24(16-23)36-28(42)40-13-11-39(12-14-40)26-17-25(37-38-26)20-9-7-19(18-33)8-10-20/h1-10,15-17H,11-14H2,(H,36,42)(H,37,38)(H2,34,35,41). The minimum Gasteiger partial charge on any atom is -0.352 e. The minimum atomic E-state index is -4.52. The SMILES string of the molecule is N#Cc1ccc(-c2cc(N3CCN(C(=O)Nc4cccc(NC(=O)Nc5cccc(C(F)(F)F)c5)c4)CC3)n[nH]2)cc1. The van der Waals surface area contributed by atoms with Crippen molar-refractivity contribution >= 4 is 34.9 Å². The highest BCUT2D eigenvalue weighted by atomic mass is 19.4. The summed E-state index contributed by atoms with van der Waals surface area (Å²) >= 11 is 0. The second-order valence-electron chi connectivity index (χ2n) is 9.47. The van der Waals surface area contributed by atoms with E-state index < -0.39 is 17.8 Å². The lowest BCUT2D eigenvalue weighted by molar-refractivity contribution is -0.137. The number of anilines is 4. The van der Waals surface area contributed by atoms with E-state index in [1.54, 1.807) is 41.3 Å². The van der Waals surface area contributed by atoms with Crippen LogP contribution in [0.1, 0.15) is 11.1 Å². The van der Waals surface area contributed by atoms with Crippen molar-refractivity contribution in [3.8, 4) is 17.3 Å². The van der Waals surface area contributed by atoms with Gasteiger partial charge in [-0.3, -0.25) is 5.10 Å². The topological polar surface area (TPSA) is 129 Å². The molecule has 4 amide bonds. The summed E-state index contributed by atoms with van der Waals surface area (Å²) in [5, 5.41) is 24.1. The summed E-state index contributed by atoms with van der Waals surface area (Å²) in [6.45, 7) is 2.06. The molecular formula is C29H25F3N8O2. The van der Waals surface area contributed by atoms with E-state index in [0.717, 1.165) is 29.2 Å². The fourth-order valence-electron chi connectivity index (χ4n) is 4.43. The second-order valence-corrected chi connectivity index (χ2v) is 9.47. The van der Waals surface area contributed by atoms with Gasteiger partial charge in [-0.05, 0) is 54.1 Å². The predicted octanol–water partition coefficient (Wildman–Crippen LogP) is 5.97. The fourth-order valence-corrected chi connectivity index (χ4v) is 4.43. The number of rotatable bonds is 5. The van der Waals surface area contributed by atoms with Gasteiger partial charge in [0.2, 0.25) is 0 Å². The molecule has 2 heterocycles. The molecule has 4 aromatic rings. The molecular weight excluding hydrogens is 549 g/mol. The van der Waals surface area contributed by atoms with E-state index in [4.69, 9.17) is 5.26 Å². The zero-order valence-corrected chi connectivity index (χ0v) is 22.1.